The number of rotatable bonds is 5. The summed E-state index contributed by atoms with van der Waals surface area (Å²) < 4.78 is 10.6. The van der Waals surface area contributed by atoms with Crippen molar-refractivity contribution in [3.63, 3.8) is 0 Å². The Kier molecular flexibility index (Phi) is 3.50. The number of hydrazine groups is 1. The number of methoxy groups -OCH3 is 2. The highest BCUT2D eigenvalue weighted by molar-refractivity contribution is 5.40. The van der Waals surface area contributed by atoms with Gasteiger partial charge in [0.25, 0.3) is 0 Å². The first-order valence-corrected chi connectivity index (χ1v) is 6.21. The van der Waals surface area contributed by atoms with Crippen molar-refractivity contribution >= 4 is 0 Å². The minimum atomic E-state index is 0.143. The van der Waals surface area contributed by atoms with E-state index in [2.05, 4.69) is 19.3 Å². The van der Waals surface area contributed by atoms with Crippen LogP contribution in [0, 0.1) is 11.3 Å². The van der Waals surface area contributed by atoms with E-state index in [0.29, 0.717) is 11.3 Å². The number of ether oxygens (including phenoxy) is 2. The zero-order chi connectivity index (χ0) is 13.3. The lowest BCUT2D eigenvalue weighted by molar-refractivity contribution is 0.385. The van der Waals surface area contributed by atoms with E-state index in [0.717, 1.165) is 17.1 Å². The van der Waals surface area contributed by atoms with Crippen LogP contribution in [-0.4, -0.2) is 14.2 Å². The summed E-state index contributed by atoms with van der Waals surface area (Å²) in [6.45, 7) is 4.53. The summed E-state index contributed by atoms with van der Waals surface area (Å²) in [5.74, 6) is 7.86. The third-order valence-electron chi connectivity index (χ3n) is 3.90. The van der Waals surface area contributed by atoms with E-state index in [1.807, 2.05) is 18.2 Å². The maximum Gasteiger partial charge on any atom is 0.122 e. The van der Waals surface area contributed by atoms with Crippen molar-refractivity contribution in [2.24, 2.45) is 17.2 Å². The zero-order valence-corrected chi connectivity index (χ0v) is 11.5. The number of hydrogen-bond acceptors (Lipinski definition) is 4. The first-order valence-electron chi connectivity index (χ1n) is 6.21. The smallest absolute Gasteiger partial charge is 0.122 e. The van der Waals surface area contributed by atoms with E-state index in [9.17, 15) is 0 Å². The lowest BCUT2D eigenvalue weighted by Crippen LogP contribution is -2.30. The predicted octanol–water partition coefficient (Wildman–Crippen LogP) is 2.25. The SMILES string of the molecule is COc1cc(OC)cc(C(NN)C2CC2(C)C)c1. The maximum atomic E-state index is 5.72. The molecule has 0 bridgehead atoms. The summed E-state index contributed by atoms with van der Waals surface area (Å²) >= 11 is 0. The van der Waals surface area contributed by atoms with Gasteiger partial charge < -0.3 is 9.47 Å². The molecule has 1 aliphatic rings. The van der Waals surface area contributed by atoms with Crippen LogP contribution in [0.25, 0.3) is 0 Å². The van der Waals surface area contributed by atoms with Crippen molar-refractivity contribution in [1.82, 2.24) is 5.43 Å². The Hall–Kier alpha value is -1.26. The quantitative estimate of drug-likeness (QED) is 0.621. The van der Waals surface area contributed by atoms with Crippen LogP contribution in [0.1, 0.15) is 31.9 Å². The highest BCUT2D eigenvalue weighted by Crippen LogP contribution is 2.57. The highest BCUT2D eigenvalue weighted by Gasteiger charge is 2.50. The molecule has 0 aromatic heterocycles. The van der Waals surface area contributed by atoms with Crippen LogP contribution >= 0.6 is 0 Å². The van der Waals surface area contributed by atoms with E-state index in [1.165, 1.54) is 6.42 Å². The molecule has 2 rings (SSSR count). The topological polar surface area (TPSA) is 56.5 Å². The van der Waals surface area contributed by atoms with Gasteiger partial charge in [0.05, 0.1) is 14.2 Å². The summed E-state index contributed by atoms with van der Waals surface area (Å²) in [6.07, 6.45) is 1.18. The minimum Gasteiger partial charge on any atom is -0.497 e. The van der Waals surface area contributed by atoms with Crippen molar-refractivity contribution in [3.05, 3.63) is 23.8 Å². The summed E-state index contributed by atoms with van der Waals surface area (Å²) in [5.41, 5.74) is 4.40. The molecule has 2 unspecified atom stereocenters. The molecule has 18 heavy (non-hydrogen) atoms. The zero-order valence-electron chi connectivity index (χ0n) is 11.5. The first kappa shape index (κ1) is 13.2. The molecule has 0 saturated heterocycles. The van der Waals surface area contributed by atoms with Gasteiger partial charge in [-0.2, -0.15) is 0 Å². The fraction of sp³-hybridized carbons (Fsp3) is 0.571. The fourth-order valence-corrected chi connectivity index (χ4v) is 2.53. The highest BCUT2D eigenvalue weighted by atomic mass is 16.5. The van der Waals surface area contributed by atoms with Crippen molar-refractivity contribution in [1.29, 1.82) is 0 Å². The number of benzene rings is 1. The van der Waals surface area contributed by atoms with Crippen LogP contribution in [0.3, 0.4) is 0 Å². The molecule has 1 aliphatic carbocycles. The molecule has 0 radical (unpaired) electrons. The number of nitrogens with two attached hydrogens (primary N) is 1. The number of hydrogen-bond donors (Lipinski definition) is 2. The van der Waals surface area contributed by atoms with Crippen molar-refractivity contribution in [2.75, 3.05) is 14.2 Å². The molecule has 3 N–H and O–H groups in total. The van der Waals surface area contributed by atoms with Gasteiger partial charge in [-0.05, 0) is 35.4 Å². The average Bonchev–Trinajstić information content (AvgIpc) is 2.98. The molecule has 100 valence electrons. The second-order valence-electron chi connectivity index (χ2n) is 5.59. The molecule has 1 saturated carbocycles. The normalized spacial score (nSPS) is 22.4. The van der Waals surface area contributed by atoms with Crippen LogP contribution in [0.4, 0.5) is 0 Å². The molecule has 0 amide bonds. The van der Waals surface area contributed by atoms with Crippen LogP contribution in [0.2, 0.25) is 0 Å². The van der Waals surface area contributed by atoms with Gasteiger partial charge >= 0.3 is 0 Å². The number of nitrogens with one attached hydrogen (secondary N) is 1. The summed E-state index contributed by atoms with van der Waals surface area (Å²) in [4.78, 5) is 0. The van der Waals surface area contributed by atoms with Gasteiger partial charge in [0.15, 0.2) is 0 Å². The summed E-state index contributed by atoms with van der Waals surface area (Å²) in [7, 11) is 3.31. The summed E-state index contributed by atoms with van der Waals surface area (Å²) in [5, 5.41) is 0. The average molecular weight is 250 g/mol. The van der Waals surface area contributed by atoms with E-state index in [-0.39, 0.29) is 6.04 Å². The Balaban J connectivity index is 2.30. The molecular weight excluding hydrogens is 228 g/mol. The Morgan fingerprint density at radius 1 is 1.22 bits per heavy atom. The van der Waals surface area contributed by atoms with Gasteiger partial charge in [-0.25, -0.2) is 0 Å². The van der Waals surface area contributed by atoms with E-state index in [1.54, 1.807) is 14.2 Å². The van der Waals surface area contributed by atoms with Gasteiger partial charge in [0.1, 0.15) is 11.5 Å². The second kappa shape index (κ2) is 4.78. The lowest BCUT2D eigenvalue weighted by Gasteiger charge is -2.19. The van der Waals surface area contributed by atoms with Crippen molar-refractivity contribution in [3.8, 4) is 11.5 Å². The molecule has 1 aromatic rings. The molecule has 4 nitrogen and oxygen atoms in total. The van der Waals surface area contributed by atoms with Crippen LogP contribution in [0.5, 0.6) is 11.5 Å². The monoisotopic (exact) mass is 250 g/mol. The van der Waals surface area contributed by atoms with E-state index < -0.39 is 0 Å². The van der Waals surface area contributed by atoms with Crippen LogP contribution in [0.15, 0.2) is 18.2 Å². The molecule has 2 atom stereocenters. The van der Waals surface area contributed by atoms with Gasteiger partial charge in [0, 0.05) is 12.1 Å². The fourth-order valence-electron chi connectivity index (χ4n) is 2.53. The minimum absolute atomic E-state index is 0.143. The molecule has 1 aromatic carbocycles. The standard InChI is InChI=1S/C14H22N2O2/c1-14(2)8-12(14)13(16-15)9-5-10(17-3)7-11(6-9)18-4/h5-7,12-13,16H,8,15H2,1-4H3. The Labute approximate surface area is 108 Å². The third-order valence-corrected chi connectivity index (χ3v) is 3.90. The van der Waals surface area contributed by atoms with E-state index in [4.69, 9.17) is 15.3 Å². The predicted molar refractivity (Wildman–Crippen MR) is 71.5 cm³/mol. The van der Waals surface area contributed by atoms with Gasteiger partial charge in [0.2, 0.25) is 0 Å². The van der Waals surface area contributed by atoms with Crippen molar-refractivity contribution in [2.45, 2.75) is 26.3 Å². The largest absolute Gasteiger partial charge is 0.497 e. The molecule has 0 heterocycles. The first-order chi connectivity index (χ1) is 8.51. The van der Waals surface area contributed by atoms with Gasteiger partial charge in [-0.15, -0.1) is 0 Å². The van der Waals surface area contributed by atoms with Crippen LogP contribution < -0.4 is 20.7 Å². The molecule has 0 spiro atoms. The van der Waals surface area contributed by atoms with Gasteiger partial charge in [-0.1, -0.05) is 13.8 Å². The third kappa shape index (κ3) is 2.44. The second-order valence-corrected chi connectivity index (χ2v) is 5.59. The summed E-state index contributed by atoms with van der Waals surface area (Å²) in [6, 6.07) is 6.04. The lowest BCUT2D eigenvalue weighted by atomic mass is 9.97. The molecule has 0 aliphatic heterocycles. The van der Waals surface area contributed by atoms with Gasteiger partial charge in [-0.3, -0.25) is 11.3 Å². The van der Waals surface area contributed by atoms with Crippen LogP contribution in [-0.2, 0) is 0 Å². The molecule has 1 fully saturated rings. The maximum absolute atomic E-state index is 5.72. The molecular formula is C14H22N2O2. The van der Waals surface area contributed by atoms with E-state index >= 15 is 0 Å². The van der Waals surface area contributed by atoms with Crippen molar-refractivity contribution < 1.29 is 9.47 Å². The Bertz CT molecular complexity index is 410. The Morgan fingerprint density at radius 2 is 1.72 bits per heavy atom. The Morgan fingerprint density at radius 3 is 2.06 bits per heavy atom. The molecule has 4 heteroatoms.